The molecule has 1 fully saturated rings. The van der Waals surface area contributed by atoms with Gasteiger partial charge in [0.2, 0.25) is 0 Å². The number of carbonyl (C=O) groups is 1. The molecule has 1 saturated carbocycles. The van der Waals surface area contributed by atoms with Gasteiger partial charge in [-0.1, -0.05) is 49.2 Å². The quantitative estimate of drug-likeness (QED) is 0.760. The minimum atomic E-state index is 0.157. The van der Waals surface area contributed by atoms with Gasteiger partial charge in [0, 0.05) is 17.3 Å². The summed E-state index contributed by atoms with van der Waals surface area (Å²) in [4.78, 5) is 15.2. The number of nitrogens with zero attached hydrogens (tertiary/aromatic N) is 1. The van der Waals surface area contributed by atoms with Crippen LogP contribution in [0.2, 0.25) is 0 Å². The van der Waals surface area contributed by atoms with Crippen molar-refractivity contribution < 1.29 is 4.79 Å². The van der Waals surface area contributed by atoms with E-state index in [4.69, 9.17) is 0 Å². The van der Waals surface area contributed by atoms with Crippen LogP contribution in [-0.2, 0) is 6.42 Å². The van der Waals surface area contributed by atoms with E-state index in [9.17, 15) is 4.79 Å². The third kappa shape index (κ3) is 2.23. The van der Waals surface area contributed by atoms with Crippen molar-refractivity contribution in [1.82, 2.24) is 0 Å². The summed E-state index contributed by atoms with van der Waals surface area (Å²) in [6, 6.07) is 18.5. The highest BCUT2D eigenvalue weighted by Gasteiger charge is 2.38. The predicted octanol–water partition coefficient (Wildman–Crippen LogP) is 4.45. The molecule has 0 aromatic heterocycles. The van der Waals surface area contributed by atoms with E-state index in [-0.39, 0.29) is 5.91 Å². The fourth-order valence-corrected chi connectivity index (χ4v) is 4.13. The van der Waals surface area contributed by atoms with Gasteiger partial charge in [0.05, 0.1) is 0 Å². The van der Waals surface area contributed by atoms with E-state index < -0.39 is 0 Å². The Bertz CT molecular complexity index is 679. The molecule has 0 spiro atoms. The summed E-state index contributed by atoms with van der Waals surface area (Å²) in [6.07, 6.45) is 6.05. The Hall–Kier alpha value is -2.09. The fraction of sp³-hybridized carbons (Fsp3) is 0.350. The summed E-state index contributed by atoms with van der Waals surface area (Å²) in [6.45, 7) is 0. The van der Waals surface area contributed by atoms with E-state index in [1.165, 1.54) is 24.8 Å². The molecule has 2 aromatic rings. The standard InChI is InChI=1S/C20H21NO/c22-20(15-8-2-1-3-9-15)21-18-12-6-4-10-16(18)14-17-11-5-7-13-19(17)21/h1-4,6,8-10,12,17,19H,5,7,11,13-14H2. The van der Waals surface area contributed by atoms with Gasteiger partial charge in [-0.25, -0.2) is 0 Å². The number of para-hydroxylation sites is 1. The monoisotopic (exact) mass is 291 g/mol. The minimum Gasteiger partial charge on any atom is -0.305 e. The van der Waals surface area contributed by atoms with Crippen LogP contribution in [0.4, 0.5) is 5.69 Å². The van der Waals surface area contributed by atoms with Crippen molar-refractivity contribution in [2.75, 3.05) is 4.90 Å². The molecule has 2 heteroatoms. The van der Waals surface area contributed by atoms with Crippen molar-refractivity contribution in [2.24, 2.45) is 5.92 Å². The topological polar surface area (TPSA) is 20.3 Å². The Morgan fingerprint density at radius 1 is 0.909 bits per heavy atom. The van der Waals surface area contributed by atoms with E-state index >= 15 is 0 Å². The number of hydrogen-bond donors (Lipinski definition) is 0. The minimum absolute atomic E-state index is 0.157. The van der Waals surface area contributed by atoms with Gasteiger partial charge in [0.1, 0.15) is 0 Å². The smallest absolute Gasteiger partial charge is 0.258 e. The molecule has 0 radical (unpaired) electrons. The van der Waals surface area contributed by atoms with Crippen LogP contribution in [0.3, 0.4) is 0 Å². The third-order valence-electron chi connectivity index (χ3n) is 5.17. The first-order valence-electron chi connectivity index (χ1n) is 8.31. The second-order valence-corrected chi connectivity index (χ2v) is 6.49. The number of fused-ring (bicyclic) bond motifs is 2. The molecule has 2 unspecified atom stereocenters. The molecule has 0 N–H and O–H groups in total. The van der Waals surface area contributed by atoms with Crippen molar-refractivity contribution in [2.45, 2.75) is 38.1 Å². The number of hydrogen-bond acceptors (Lipinski definition) is 1. The van der Waals surface area contributed by atoms with E-state index in [1.807, 2.05) is 36.4 Å². The Labute approximate surface area is 131 Å². The van der Waals surface area contributed by atoms with Gasteiger partial charge < -0.3 is 4.90 Å². The molecular formula is C20H21NO. The summed E-state index contributed by atoms with van der Waals surface area (Å²) in [5.41, 5.74) is 3.25. The molecule has 0 saturated heterocycles. The van der Waals surface area contributed by atoms with Crippen LogP contribution in [0.25, 0.3) is 0 Å². The fourth-order valence-electron chi connectivity index (χ4n) is 4.13. The molecule has 2 aliphatic rings. The van der Waals surface area contributed by atoms with Gasteiger partial charge >= 0.3 is 0 Å². The lowest BCUT2D eigenvalue weighted by atomic mass is 9.76. The van der Waals surface area contributed by atoms with Crippen molar-refractivity contribution >= 4 is 11.6 Å². The average Bonchev–Trinajstić information content (AvgIpc) is 2.60. The Kier molecular flexibility index (Phi) is 3.45. The zero-order chi connectivity index (χ0) is 14.9. The molecular weight excluding hydrogens is 270 g/mol. The third-order valence-corrected chi connectivity index (χ3v) is 5.17. The largest absolute Gasteiger partial charge is 0.305 e. The molecule has 1 aliphatic heterocycles. The Morgan fingerprint density at radius 2 is 1.64 bits per heavy atom. The average molecular weight is 291 g/mol. The Morgan fingerprint density at radius 3 is 2.50 bits per heavy atom. The van der Waals surface area contributed by atoms with Crippen molar-refractivity contribution in [3.05, 3.63) is 65.7 Å². The maximum absolute atomic E-state index is 13.1. The maximum Gasteiger partial charge on any atom is 0.258 e. The number of benzene rings is 2. The molecule has 1 aliphatic carbocycles. The van der Waals surface area contributed by atoms with Crippen LogP contribution in [0.15, 0.2) is 54.6 Å². The van der Waals surface area contributed by atoms with E-state index in [0.29, 0.717) is 12.0 Å². The van der Waals surface area contributed by atoms with Crippen LogP contribution in [0.5, 0.6) is 0 Å². The van der Waals surface area contributed by atoms with Gasteiger partial charge in [-0.15, -0.1) is 0 Å². The zero-order valence-corrected chi connectivity index (χ0v) is 12.7. The van der Waals surface area contributed by atoms with E-state index in [0.717, 1.165) is 24.1 Å². The summed E-state index contributed by atoms with van der Waals surface area (Å²) in [5.74, 6) is 0.779. The van der Waals surface area contributed by atoms with Crippen molar-refractivity contribution in [1.29, 1.82) is 0 Å². The van der Waals surface area contributed by atoms with E-state index in [2.05, 4.69) is 23.1 Å². The molecule has 2 aromatic carbocycles. The van der Waals surface area contributed by atoms with Crippen LogP contribution >= 0.6 is 0 Å². The van der Waals surface area contributed by atoms with Gasteiger partial charge in [0.25, 0.3) is 5.91 Å². The lowest BCUT2D eigenvalue weighted by Gasteiger charge is -2.45. The van der Waals surface area contributed by atoms with Crippen molar-refractivity contribution in [3.8, 4) is 0 Å². The van der Waals surface area contributed by atoms with Crippen LogP contribution in [0, 0.1) is 5.92 Å². The summed E-state index contributed by atoms with van der Waals surface area (Å²) in [7, 11) is 0. The number of carbonyl (C=O) groups excluding carboxylic acids is 1. The molecule has 2 nitrogen and oxygen atoms in total. The van der Waals surface area contributed by atoms with Crippen molar-refractivity contribution in [3.63, 3.8) is 0 Å². The molecule has 1 amide bonds. The first-order chi connectivity index (χ1) is 10.8. The lowest BCUT2D eigenvalue weighted by molar-refractivity contribution is 0.0951. The molecule has 0 bridgehead atoms. The first kappa shape index (κ1) is 13.6. The summed E-state index contributed by atoms with van der Waals surface area (Å²) >= 11 is 0. The van der Waals surface area contributed by atoms with E-state index in [1.54, 1.807) is 0 Å². The van der Waals surface area contributed by atoms with Crippen LogP contribution < -0.4 is 4.90 Å². The number of rotatable bonds is 1. The predicted molar refractivity (Wildman–Crippen MR) is 89.1 cm³/mol. The molecule has 22 heavy (non-hydrogen) atoms. The van der Waals surface area contributed by atoms with Gasteiger partial charge in [-0.3, -0.25) is 4.79 Å². The van der Waals surface area contributed by atoms with Gasteiger partial charge in [-0.05, 0) is 48.9 Å². The maximum atomic E-state index is 13.1. The molecule has 2 atom stereocenters. The summed E-state index contributed by atoms with van der Waals surface area (Å²) in [5, 5.41) is 0. The summed E-state index contributed by atoms with van der Waals surface area (Å²) < 4.78 is 0. The molecule has 1 heterocycles. The lowest BCUT2D eigenvalue weighted by Crippen LogP contribution is -2.50. The Balaban J connectivity index is 1.79. The van der Waals surface area contributed by atoms with Crippen LogP contribution in [0.1, 0.15) is 41.6 Å². The zero-order valence-electron chi connectivity index (χ0n) is 12.7. The highest BCUT2D eigenvalue weighted by atomic mass is 16.2. The second-order valence-electron chi connectivity index (χ2n) is 6.49. The highest BCUT2D eigenvalue weighted by molar-refractivity contribution is 6.07. The SMILES string of the molecule is O=C(c1ccccc1)N1c2ccccc2CC2CCCCC21. The first-order valence-corrected chi connectivity index (χ1v) is 8.31. The molecule has 112 valence electrons. The number of amides is 1. The number of anilines is 1. The van der Waals surface area contributed by atoms with Crippen LogP contribution in [-0.4, -0.2) is 11.9 Å². The highest BCUT2D eigenvalue weighted by Crippen LogP contribution is 2.41. The van der Waals surface area contributed by atoms with Gasteiger partial charge in [-0.2, -0.15) is 0 Å². The van der Waals surface area contributed by atoms with Gasteiger partial charge in [0.15, 0.2) is 0 Å². The normalized spacial score (nSPS) is 23.5. The molecule has 4 rings (SSSR count). The second kappa shape index (κ2) is 5.60.